The van der Waals surface area contributed by atoms with Crippen molar-refractivity contribution in [3.63, 3.8) is 0 Å². The molecule has 2 atom stereocenters. The van der Waals surface area contributed by atoms with Crippen molar-refractivity contribution < 1.29 is 14.6 Å². The van der Waals surface area contributed by atoms with Gasteiger partial charge in [-0.25, -0.2) is 0 Å². The normalized spacial score (nSPS) is 32.8. The maximum Gasteiger partial charge on any atom is 0.125 e. The highest BCUT2D eigenvalue weighted by atomic mass is 79.9. The summed E-state index contributed by atoms with van der Waals surface area (Å²) < 4.78 is 12.6. The fourth-order valence-corrected chi connectivity index (χ4v) is 4.18. The van der Waals surface area contributed by atoms with E-state index in [2.05, 4.69) is 28.1 Å². The van der Waals surface area contributed by atoms with Crippen LogP contribution < -0.4 is 4.74 Å². The first-order valence-corrected chi connectivity index (χ1v) is 8.06. The molecular weight excluding hydrogens is 320 g/mol. The van der Waals surface area contributed by atoms with Crippen molar-refractivity contribution in [2.45, 2.75) is 57.3 Å². The molecule has 20 heavy (non-hydrogen) atoms. The first kappa shape index (κ1) is 14.4. The molecule has 0 aliphatic carbocycles. The van der Waals surface area contributed by atoms with E-state index in [9.17, 15) is 5.11 Å². The topological polar surface area (TPSA) is 38.7 Å². The van der Waals surface area contributed by atoms with Crippen LogP contribution in [-0.2, 0) is 17.6 Å². The molecule has 3 nitrogen and oxygen atoms in total. The van der Waals surface area contributed by atoms with Crippen LogP contribution in [0.1, 0.15) is 37.8 Å². The van der Waals surface area contributed by atoms with Crippen molar-refractivity contribution in [1.29, 1.82) is 0 Å². The van der Waals surface area contributed by atoms with Crippen LogP contribution in [-0.4, -0.2) is 29.5 Å². The Bertz CT molecular complexity index is 505. The van der Waals surface area contributed by atoms with Gasteiger partial charge in [-0.2, -0.15) is 0 Å². The molecule has 4 heteroatoms. The highest BCUT2D eigenvalue weighted by Crippen LogP contribution is 2.38. The number of aliphatic hydroxyl groups is 1. The van der Waals surface area contributed by atoms with E-state index in [4.69, 9.17) is 9.47 Å². The highest BCUT2D eigenvalue weighted by Gasteiger charge is 2.38. The van der Waals surface area contributed by atoms with Crippen LogP contribution in [0.4, 0.5) is 0 Å². The average Bonchev–Trinajstić information content (AvgIpc) is 2.73. The maximum absolute atomic E-state index is 10.9. The summed E-state index contributed by atoms with van der Waals surface area (Å²) in [7, 11) is 0. The van der Waals surface area contributed by atoms with E-state index in [1.807, 2.05) is 13.8 Å². The monoisotopic (exact) mass is 340 g/mol. The summed E-state index contributed by atoms with van der Waals surface area (Å²) in [4.78, 5) is 0. The van der Waals surface area contributed by atoms with Crippen LogP contribution in [0.3, 0.4) is 0 Å². The summed E-state index contributed by atoms with van der Waals surface area (Å²) in [6.45, 7) is 4.80. The van der Waals surface area contributed by atoms with Crippen LogP contribution in [0.5, 0.6) is 5.75 Å². The molecule has 1 aromatic carbocycles. The SMILES string of the molecule is CC1CC(O)(Cc2cc(Br)cc3c2OCC3)CC(C)O1. The van der Waals surface area contributed by atoms with Gasteiger partial charge in [0, 0.05) is 30.2 Å². The summed E-state index contributed by atoms with van der Waals surface area (Å²) in [5.41, 5.74) is 1.65. The lowest BCUT2D eigenvalue weighted by molar-refractivity contribution is -0.130. The van der Waals surface area contributed by atoms with Crippen molar-refractivity contribution in [2.24, 2.45) is 0 Å². The zero-order valence-corrected chi connectivity index (χ0v) is 13.6. The Morgan fingerprint density at radius 3 is 2.70 bits per heavy atom. The van der Waals surface area contributed by atoms with Gasteiger partial charge in [0.15, 0.2) is 0 Å². The molecule has 2 heterocycles. The molecule has 0 amide bonds. The summed E-state index contributed by atoms with van der Waals surface area (Å²) in [6, 6.07) is 4.19. The lowest BCUT2D eigenvalue weighted by atomic mass is 9.82. The number of halogens is 1. The Hall–Kier alpha value is -0.580. The summed E-state index contributed by atoms with van der Waals surface area (Å²) in [5.74, 6) is 0.980. The third-order valence-electron chi connectivity index (χ3n) is 4.14. The first-order valence-electron chi connectivity index (χ1n) is 7.27. The van der Waals surface area contributed by atoms with E-state index in [1.54, 1.807) is 0 Å². The predicted molar refractivity (Wildman–Crippen MR) is 81.2 cm³/mol. The van der Waals surface area contributed by atoms with Crippen molar-refractivity contribution in [3.05, 3.63) is 27.7 Å². The van der Waals surface area contributed by atoms with Gasteiger partial charge in [-0.3, -0.25) is 0 Å². The maximum atomic E-state index is 10.9. The quantitative estimate of drug-likeness (QED) is 0.898. The largest absolute Gasteiger partial charge is 0.493 e. The first-order chi connectivity index (χ1) is 9.45. The lowest BCUT2D eigenvalue weighted by Crippen LogP contribution is -2.44. The zero-order chi connectivity index (χ0) is 14.3. The molecule has 0 spiro atoms. The van der Waals surface area contributed by atoms with Crippen molar-refractivity contribution in [3.8, 4) is 5.75 Å². The van der Waals surface area contributed by atoms with Gasteiger partial charge in [0.1, 0.15) is 5.75 Å². The van der Waals surface area contributed by atoms with E-state index in [1.165, 1.54) is 5.56 Å². The van der Waals surface area contributed by atoms with Gasteiger partial charge < -0.3 is 14.6 Å². The smallest absolute Gasteiger partial charge is 0.125 e. The second kappa shape index (κ2) is 5.32. The van der Waals surface area contributed by atoms with E-state index in [0.717, 1.165) is 28.8 Å². The van der Waals surface area contributed by atoms with E-state index < -0.39 is 5.60 Å². The van der Waals surface area contributed by atoms with Crippen molar-refractivity contribution >= 4 is 15.9 Å². The van der Waals surface area contributed by atoms with Crippen LogP contribution in [0, 0.1) is 0 Å². The fraction of sp³-hybridized carbons (Fsp3) is 0.625. The molecular formula is C16H21BrO3. The Kier molecular flexibility index (Phi) is 3.82. The van der Waals surface area contributed by atoms with E-state index >= 15 is 0 Å². The van der Waals surface area contributed by atoms with Crippen LogP contribution in [0.2, 0.25) is 0 Å². The summed E-state index contributed by atoms with van der Waals surface area (Å²) in [6.07, 6.45) is 3.15. The van der Waals surface area contributed by atoms with Gasteiger partial charge in [-0.05, 0) is 37.1 Å². The minimum absolute atomic E-state index is 0.102. The number of rotatable bonds is 2. The lowest BCUT2D eigenvalue weighted by Gasteiger charge is -2.39. The zero-order valence-electron chi connectivity index (χ0n) is 12.0. The fourth-order valence-electron chi connectivity index (χ4n) is 3.62. The van der Waals surface area contributed by atoms with Gasteiger partial charge in [-0.15, -0.1) is 0 Å². The molecule has 0 saturated carbocycles. The number of hydrogen-bond donors (Lipinski definition) is 1. The van der Waals surface area contributed by atoms with Gasteiger partial charge in [0.25, 0.3) is 0 Å². The van der Waals surface area contributed by atoms with Gasteiger partial charge in [0.05, 0.1) is 24.4 Å². The Morgan fingerprint density at radius 2 is 2.00 bits per heavy atom. The van der Waals surface area contributed by atoms with Crippen molar-refractivity contribution in [1.82, 2.24) is 0 Å². The number of benzene rings is 1. The van der Waals surface area contributed by atoms with Crippen molar-refractivity contribution in [2.75, 3.05) is 6.61 Å². The minimum atomic E-state index is -0.697. The molecule has 3 rings (SSSR count). The Morgan fingerprint density at radius 1 is 1.30 bits per heavy atom. The number of fused-ring (bicyclic) bond motifs is 1. The molecule has 1 saturated heterocycles. The van der Waals surface area contributed by atoms with Gasteiger partial charge in [-0.1, -0.05) is 15.9 Å². The molecule has 1 aromatic rings. The molecule has 0 aromatic heterocycles. The van der Waals surface area contributed by atoms with Gasteiger partial charge >= 0.3 is 0 Å². The van der Waals surface area contributed by atoms with Gasteiger partial charge in [0.2, 0.25) is 0 Å². The minimum Gasteiger partial charge on any atom is -0.493 e. The van der Waals surface area contributed by atoms with Crippen LogP contribution in [0.15, 0.2) is 16.6 Å². The summed E-state index contributed by atoms with van der Waals surface area (Å²) in [5, 5.41) is 10.9. The second-order valence-electron chi connectivity index (χ2n) is 6.22. The average molecular weight is 341 g/mol. The van der Waals surface area contributed by atoms with E-state index in [-0.39, 0.29) is 12.2 Å². The standard InChI is InChI=1S/C16H21BrO3/c1-10-7-16(18,8-11(2)20-10)9-13-6-14(17)5-12-3-4-19-15(12)13/h5-6,10-11,18H,3-4,7-9H2,1-2H3. The number of hydrogen-bond acceptors (Lipinski definition) is 3. The Balaban J connectivity index is 1.87. The molecule has 1 fully saturated rings. The van der Waals surface area contributed by atoms with Crippen LogP contribution in [0.25, 0.3) is 0 Å². The third-order valence-corrected chi connectivity index (χ3v) is 4.60. The molecule has 1 N–H and O–H groups in total. The van der Waals surface area contributed by atoms with E-state index in [0.29, 0.717) is 19.3 Å². The molecule has 2 aliphatic heterocycles. The summed E-state index contributed by atoms with van der Waals surface area (Å²) >= 11 is 3.56. The predicted octanol–water partition coefficient (Wildman–Crippen LogP) is 3.25. The van der Waals surface area contributed by atoms with Crippen LogP contribution >= 0.6 is 15.9 Å². The molecule has 110 valence electrons. The Labute approximate surface area is 128 Å². The second-order valence-corrected chi connectivity index (χ2v) is 7.13. The molecule has 2 unspecified atom stereocenters. The molecule has 0 bridgehead atoms. The highest BCUT2D eigenvalue weighted by molar-refractivity contribution is 9.10. The molecule has 0 radical (unpaired) electrons. The third kappa shape index (κ3) is 2.87. The number of ether oxygens (including phenoxy) is 2. The molecule has 2 aliphatic rings.